The topological polar surface area (TPSA) is 58.6 Å². The third-order valence-electron chi connectivity index (χ3n) is 4.67. The third kappa shape index (κ3) is 4.38. The maximum absolute atomic E-state index is 12.9. The average molecular weight is 402 g/mol. The molecule has 0 aromatic heterocycles. The van der Waals surface area contributed by atoms with Gasteiger partial charge in [0.15, 0.2) is 0 Å². The van der Waals surface area contributed by atoms with Crippen molar-refractivity contribution in [2.75, 3.05) is 11.6 Å². The van der Waals surface area contributed by atoms with Crippen LogP contribution >= 0.6 is 0 Å². The summed E-state index contributed by atoms with van der Waals surface area (Å²) in [4.78, 5) is 24.9. The molecule has 1 saturated heterocycles. The fraction of sp³-hybridized carbons (Fsp3) is 0.0833. The van der Waals surface area contributed by atoms with E-state index in [4.69, 9.17) is 4.74 Å². The number of carbonyl (C=O) groups is 2. The largest absolute Gasteiger partial charge is 0.493 e. The number of anilines is 1. The van der Waals surface area contributed by atoms with Crippen LogP contribution in [0.2, 0.25) is 0 Å². The Kier molecular flexibility index (Phi) is 5.57. The number of ether oxygens (including phenoxy) is 1. The van der Waals surface area contributed by atoms with Gasteiger partial charge in [0, 0.05) is 6.42 Å². The van der Waals surface area contributed by atoms with Crippen LogP contribution in [0.3, 0.4) is 0 Å². The highest BCUT2D eigenvalue weighted by Crippen LogP contribution is 2.22. The maximum atomic E-state index is 12.9. The van der Waals surface area contributed by atoms with E-state index in [1.165, 1.54) is 17.1 Å². The van der Waals surface area contributed by atoms with E-state index in [9.17, 15) is 14.0 Å². The minimum Gasteiger partial charge on any atom is -0.493 e. The van der Waals surface area contributed by atoms with Crippen LogP contribution in [0.5, 0.6) is 5.75 Å². The van der Waals surface area contributed by atoms with Crippen molar-refractivity contribution in [3.8, 4) is 5.75 Å². The lowest BCUT2D eigenvalue weighted by Crippen LogP contribution is -2.35. The first kappa shape index (κ1) is 19.4. The fourth-order valence-electron chi connectivity index (χ4n) is 3.08. The highest BCUT2D eigenvalue weighted by Gasteiger charge is 2.34. The smallest absolute Gasteiger partial charge is 0.282 e. The highest BCUT2D eigenvalue weighted by atomic mass is 19.1. The molecule has 0 saturated carbocycles. The monoisotopic (exact) mass is 402 g/mol. The van der Waals surface area contributed by atoms with E-state index < -0.39 is 11.8 Å². The van der Waals surface area contributed by atoms with Crippen LogP contribution in [0.15, 0.2) is 84.4 Å². The van der Waals surface area contributed by atoms with Crippen molar-refractivity contribution in [1.29, 1.82) is 0 Å². The Morgan fingerprint density at radius 3 is 2.30 bits per heavy atom. The number of nitrogens with one attached hydrogen (secondary N) is 1. The first-order chi connectivity index (χ1) is 14.6. The van der Waals surface area contributed by atoms with E-state index >= 15 is 0 Å². The van der Waals surface area contributed by atoms with Gasteiger partial charge in [0.05, 0.1) is 12.3 Å². The van der Waals surface area contributed by atoms with Gasteiger partial charge in [0.25, 0.3) is 11.8 Å². The first-order valence-corrected chi connectivity index (χ1v) is 9.50. The average Bonchev–Trinajstić information content (AvgIpc) is 3.05. The second kappa shape index (κ2) is 8.61. The molecular formula is C24H19FN2O3. The van der Waals surface area contributed by atoms with Crippen molar-refractivity contribution in [3.05, 3.63) is 101 Å². The second-order valence-corrected chi connectivity index (χ2v) is 6.77. The molecule has 1 aliphatic rings. The molecule has 0 unspecified atom stereocenters. The normalized spacial score (nSPS) is 14.8. The summed E-state index contributed by atoms with van der Waals surface area (Å²) >= 11 is 0. The molecule has 6 heteroatoms. The summed E-state index contributed by atoms with van der Waals surface area (Å²) in [6, 6.07) is 22.4. The number of carbonyl (C=O) groups excluding carboxylic acids is 2. The lowest BCUT2D eigenvalue weighted by Gasteiger charge is -2.13. The number of rotatable bonds is 6. The van der Waals surface area contributed by atoms with E-state index in [0.717, 1.165) is 5.56 Å². The Labute approximate surface area is 173 Å². The molecule has 0 atom stereocenters. The number of amides is 2. The molecule has 2 amide bonds. The Morgan fingerprint density at radius 1 is 0.900 bits per heavy atom. The number of para-hydroxylation sites is 1. The molecular weight excluding hydrogens is 383 g/mol. The van der Waals surface area contributed by atoms with Gasteiger partial charge in [-0.2, -0.15) is 0 Å². The minimum atomic E-state index is -0.441. The summed E-state index contributed by atoms with van der Waals surface area (Å²) in [6.45, 7) is 0.457. The first-order valence-electron chi connectivity index (χ1n) is 9.50. The van der Waals surface area contributed by atoms with Crippen LogP contribution in [0, 0.1) is 5.82 Å². The molecule has 0 bridgehead atoms. The van der Waals surface area contributed by atoms with E-state index in [1.54, 1.807) is 66.7 Å². The molecule has 1 aliphatic heterocycles. The van der Waals surface area contributed by atoms with Crippen molar-refractivity contribution < 1.29 is 18.7 Å². The molecule has 0 aliphatic carbocycles. The van der Waals surface area contributed by atoms with E-state index in [-0.39, 0.29) is 11.4 Å². The third-order valence-corrected chi connectivity index (χ3v) is 4.67. The summed E-state index contributed by atoms with van der Waals surface area (Å²) in [7, 11) is 0. The quantitative estimate of drug-likeness (QED) is 0.502. The van der Waals surface area contributed by atoms with Gasteiger partial charge in [0.2, 0.25) is 0 Å². The van der Waals surface area contributed by atoms with E-state index in [2.05, 4.69) is 5.43 Å². The Balaban J connectivity index is 1.39. The molecule has 3 aromatic carbocycles. The lowest BCUT2D eigenvalue weighted by molar-refractivity contribution is -0.117. The van der Waals surface area contributed by atoms with Crippen LogP contribution < -0.4 is 15.2 Å². The number of benzene rings is 3. The molecule has 30 heavy (non-hydrogen) atoms. The summed E-state index contributed by atoms with van der Waals surface area (Å²) in [5, 5.41) is 1.24. The van der Waals surface area contributed by atoms with Gasteiger partial charge in [-0.25, -0.2) is 9.40 Å². The summed E-state index contributed by atoms with van der Waals surface area (Å²) in [5.41, 5.74) is 4.96. The molecule has 1 heterocycles. The van der Waals surface area contributed by atoms with Crippen molar-refractivity contribution in [2.45, 2.75) is 6.42 Å². The van der Waals surface area contributed by atoms with Gasteiger partial charge in [0.1, 0.15) is 17.1 Å². The molecule has 0 spiro atoms. The zero-order valence-electron chi connectivity index (χ0n) is 16.0. The number of hydrogen-bond donors (Lipinski definition) is 1. The summed E-state index contributed by atoms with van der Waals surface area (Å²) in [5.74, 6) is -0.424. The predicted molar refractivity (Wildman–Crippen MR) is 112 cm³/mol. The van der Waals surface area contributed by atoms with Gasteiger partial charge in [-0.1, -0.05) is 42.5 Å². The highest BCUT2D eigenvalue weighted by molar-refractivity contribution is 6.31. The zero-order chi connectivity index (χ0) is 20.9. The number of nitrogens with zero attached hydrogens (tertiary/aromatic N) is 1. The predicted octanol–water partition coefficient (Wildman–Crippen LogP) is 3.91. The van der Waals surface area contributed by atoms with E-state index in [0.29, 0.717) is 30.0 Å². The standard InChI is InChI=1S/C24H19FN2O3/c25-19-10-6-17(7-11-19)14-15-30-21-12-8-18(9-13-21)16-22-23(28)26-27(24(22)29)20-4-2-1-3-5-20/h1-13,16H,14-15H2,(H,26,28)/b22-16-. The van der Waals surface area contributed by atoms with Gasteiger partial charge in [-0.3, -0.25) is 15.0 Å². The van der Waals surface area contributed by atoms with Gasteiger partial charge < -0.3 is 4.74 Å². The van der Waals surface area contributed by atoms with Crippen LogP contribution in [-0.4, -0.2) is 18.4 Å². The lowest BCUT2D eigenvalue weighted by atomic mass is 10.1. The van der Waals surface area contributed by atoms with Crippen LogP contribution in [-0.2, 0) is 16.0 Å². The SMILES string of the molecule is O=C1NN(c2ccccc2)C(=O)/C1=C\c1ccc(OCCc2ccc(F)cc2)cc1. The number of hydrogen-bond acceptors (Lipinski definition) is 3. The Bertz CT molecular complexity index is 1080. The molecule has 1 N–H and O–H groups in total. The van der Waals surface area contributed by atoms with Gasteiger partial charge in [-0.05, 0) is 53.6 Å². The van der Waals surface area contributed by atoms with Crippen LogP contribution in [0.25, 0.3) is 6.08 Å². The molecule has 1 fully saturated rings. The molecule has 4 rings (SSSR count). The van der Waals surface area contributed by atoms with Gasteiger partial charge >= 0.3 is 0 Å². The van der Waals surface area contributed by atoms with Crippen molar-refractivity contribution >= 4 is 23.6 Å². The molecule has 0 radical (unpaired) electrons. The fourth-order valence-corrected chi connectivity index (χ4v) is 3.08. The maximum Gasteiger partial charge on any atom is 0.282 e. The van der Waals surface area contributed by atoms with Gasteiger partial charge in [-0.15, -0.1) is 0 Å². The summed E-state index contributed by atoms with van der Waals surface area (Å²) in [6.07, 6.45) is 2.22. The molecule has 5 nitrogen and oxygen atoms in total. The van der Waals surface area contributed by atoms with Crippen LogP contribution in [0.1, 0.15) is 11.1 Å². The van der Waals surface area contributed by atoms with E-state index in [1.807, 2.05) is 6.07 Å². The number of halogens is 1. The number of hydrazine groups is 1. The Hall–Kier alpha value is -3.93. The molecule has 3 aromatic rings. The summed E-state index contributed by atoms with van der Waals surface area (Å²) < 4.78 is 18.6. The van der Waals surface area contributed by atoms with Crippen molar-refractivity contribution in [3.63, 3.8) is 0 Å². The van der Waals surface area contributed by atoms with Crippen LogP contribution in [0.4, 0.5) is 10.1 Å². The molecule has 150 valence electrons. The zero-order valence-corrected chi connectivity index (χ0v) is 16.0. The van der Waals surface area contributed by atoms with Crippen molar-refractivity contribution in [2.24, 2.45) is 0 Å². The minimum absolute atomic E-state index is 0.0730. The van der Waals surface area contributed by atoms with Crippen molar-refractivity contribution in [1.82, 2.24) is 5.43 Å². The second-order valence-electron chi connectivity index (χ2n) is 6.77. The Morgan fingerprint density at radius 2 is 1.60 bits per heavy atom.